The summed E-state index contributed by atoms with van der Waals surface area (Å²) in [5, 5.41) is 15.6. The SMILES string of the molecule is CC12C(=O)N(c3ccccc3)C(=O)C1CC1C(=CCC3C(=O)N(c4ccc(Nc5ccccc5)cc4)C(=O)C31)C2c1ccc(O)c2ccccc12. The van der Waals surface area contributed by atoms with Crippen molar-refractivity contribution >= 4 is 57.2 Å². The Labute approximate surface area is 295 Å². The third-order valence-electron chi connectivity index (χ3n) is 11.7. The van der Waals surface area contributed by atoms with Crippen LogP contribution in [0.3, 0.4) is 0 Å². The third-order valence-corrected chi connectivity index (χ3v) is 11.7. The Balaban J connectivity index is 1.14. The molecule has 2 heterocycles. The Morgan fingerprint density at radius 3 is 2.00 bits per heavy atom. The predicted molar refractivity (Wildman–Crippen MR) is 195 cm³/mol. The standard InChI is InChI=1S/C43H35N3O5/c1-43-35(40(49)46(42(43)51)27-12-6-3-7-13-27)24-34-32(38(43)31-22-23-36(47)30-15-9-8-14-29(30)31)20-21-33-37(34)41(50)45(39(33)48)28-18-16-26(17-19-28)44-25-10-4-2-5-11-25/h2-20,22-23,33-35,37-38,44,47H,21,24H2,1H3. The molecule has 2 aliphatic heterocycles. The molecule has 51 heavy (non-hydrogen) atoms. The van der Waals surface area contributed by atoms with Gasteiger partial charge in [-0.05, 0) is 91.2 Å². The number of para-hydroxylation sites is 2. The Morgan fingerprint density at radius 1 is 0.647 bits per heavy atom. The van der Waals surface area contributed by atoms with Crippen molar-refractivity contribution in [1.82, 2.24) is 0 Å². The van der Waals surface area contributed by atoms with Crippen LogP contribution in [0, 0.1) is 29.1 Å². The van der Waals surface area contributed by atoms with Gasteiger partial charge in [0, 0.05) is 22.7 Å². The van der Waals surface area contributed by atoms with E-state index in [1.54, 1.807) is 42.5 Å². The van der Waals surface area contributed by atoms with Crippen molar-refractivity contribution in [2.75, 3.05) is 15.1 Å². The van der Waals surface area contributed by atoms with Crippen LogP contribution in [0.1, 0.15) is 31.2 Å². The molecule has 5 aromatic rings. The van der Waals surface area contributed by atoms with E-state index in [1.807, 2.05) is 85.8 Å². The van der Waals surface area contributed by atoms with Crippen LogP contribution in [0.2, 0.25) is 0 Å². The summed E-state index contributed by atoms with van der Waals surface area (Å²) in [6.45, 7) is 1.88. The molecule has 4 aliphatic rings. The molecule has 6 unspecified atom stereocenters. The molecule has 3 fully saturated rings. The number of hydrogen-bond acceptors (Lipinski definition) is 6. The smallest absolute Gasteiger partial charge is 0.241 e. The number of anilines is 4. The van der Waals surface area contributed by atoms with Crippen molar-refractivity contribution in [3.05, 3.63) is 139 Å². The molecular weight excluding hydrogens is 638 g/mol. The van der Waals surface area contributed by atoms with Crippen LogP contribution >= 0.6 is 0 Å². The molecule has 0 radical (unpaired) electrons. The molecule has 1 saturated carbocycles. The van der Waals surface area contributed by atoms with E-state index in [9.17, 15) is 24.3 Å². The first-order valence-electron chi connectivity index (χ1n) is 17.4. The fourth-order valence-electron chi connectivity index (χ4n) is 9.38. The van der Waals surface area contributed by atoms with Crippen LogP contribution in [0.5, 0.6) is 5.75 Å². The van der Waals surface area contributed by atoms with Gasteiger partial charge < -0.3 is 10.4 Å². The van der Waals surface area contributed by atoms with Crippen LogP contribution in [0.25, 0.3) is 10.8 Å². The predicted octanol–water partition coefficient (Wildman–Crippen LogP) is 7.72. The Bertz CT molecular complexity index is 2290. The van der Waals surface area contributed by atoms with Gasteiger partial charge in [-0.2, -0.15) is 0 Å². The third kappa shape index (κ3) is 4.52. The first kappa shape index (κ1) is 31.0. The summed E-state index contributed by atoms with van der Waals surface area (Å²) in [6, 6.07) is 37.0. The molecule has 252 valence electrons. The van der Waals surface area contributed by atoms with E-state index in [0.717, 1.165) is 27.9 Å². The number of amides is 4. The number of phenolic OH excluding ortho intramolecular Hbond substituents is 1. The number of hydrogen-bond donors (Lipinski definition) is 2. The maximum absolute atomic E-state index is 14.8. The van der Waals surface area contributed by atoms with E-state index < -0.39 is 35.0 Å². The number of nitrogens with one attached hydrogen (secondary N) is 1. The van der Waals surface area contributed by atoms with Gasteiger partial charge in [0.15, 0.2) is 0 Å². The van der Waals surface area contributed by atoms with E-state index in [-0.39, 0.29) is 35.8 Å². The van der Waals surface area contributed by atoms with Gasteiger partial charge in [-0.1, -0.05) is 78.4 Å². The van der Waals surface area contributed by atoms with E-state index in [2.05, 4.69) is 11.4 Å². The zero-order chi connectivity index (χ0) is 35.0. The van der Waals surface area contributed by atoms with Gasteiger partial charge in [-0.15, -0.1) is 0 Å². The Kier molecular flexibility index (Phi) is 7.00. The highest BCUT2D eigenvalue weighted by molar-refractivity contribution is 6.25. The van der Waals surface area contributed by atoms with Crippen LogP contribution in [0.4, 0.5) is 22.7 Å². The fourth-order valence-corrected chi connectivity index (χ4v) is 9.38. The number of fused-ring (bicyclic) bond motifs is 5. The second-order valence-corrected chi connectivity index (χ2v) is 14.3. The first-order valence-corrected chi connectivity index (χ1v) is 17.4. The maximum Gasteiger partial charge on any atom is 0.241 e. The topological polar surface area (TPSA) is 107 Å². The van der Waals surface area contributed by atoms with E-state index >= 15 is 0 Å². The Hall–Kier alpha value is -6.02. The van der Waals surface area contributed by atoms with Gasteiger partial charge in [0.25, 0.3) is 0 Å². The van der Waals surface area contributed by atoms with Gasteiger partial charge in [0.2, 0.25) is 23.6 Å². The average molecular weight is 674 g/mol. The van der Waals surface area contributed by atoms with Gasteiger partial charge in [0.1, 0.15) is 5.75 Å². The molecule has 0 bridgehead atoms. The molecule has 2 aliphatic carbocycles. The van der Waals surface area contributed by atoms with Crippen LogP contribution in [0.15, 0.2) is 133 Å². The Morgan fingerprint density at radius 2 is 1.27 bits per heavy atom. The van der Waals surface area contributed by atoms with Gasteiger partial charge in [-0.25, -0.2) is 4.90 Å². The highest BCUT2D eigenvalue weighted by Crippen LogP contribution is 2.64. The van der Waals surface area contributed by atoms with Crippen LogP contribution < -0.4 is 15.1 Å². The molecule has 2 saturated heterocycles. The van der Waals surface area contributed by atoms with Crippen LogP contribution in [-0.4, -0.2) is 28.7 Å². The van der Waals surface area contributed by atoms with Crippen molar-refractivity contribution in [2.24, 2.45) is 29.1 Å². The van der Waals surface area contributed by atoms with Gasteiger partial charge >= 0.3 is 0 Å². The highest BCUT2D eigenvalue weighted by Gasteiger charge is 2.67. The second-order valence-electron chi connectivity index (χ2n) is 14.3. The second kappa shape index (κ2) is 11.5. The largest absolute Gasteiger partial charge is 0.507 e. The minimum absolute atomic E-state index is 0.123. The molecule has 8 heteroatoms. The summed E-state index contributed by atoms with van der Waals surface area (Å²) in [4.78, 5) is 60.5. The summed E-state index contributed by atoms with van der Waals surface area (Å²) < 4.78 is 0. The number of allylic oxidation sites excluding steroid dienone is 2. The fraction of sp³-hybridized carbons (Fsp3) is 0.209. The summed E-state index contributed by atoms with van der Waals surface area (Å²) >= 11 is 0. The molecular formula is C43H35N3O5. The highest BCUT2D eigenvalue weighted by atomic mass is 16.3. The zero-order valence-corrected chi connectivity index (χ0v) is 27.9. The number of aromatic hydroxyl groups is 1. The summed E-state index contributed by atoms with van der Waals surface area (Å²) in [5.74, 6) is -3.98. The molecule has 6 atom stereocenters. The van der Waals surface area contributed by atoms with E-state index in [0.29, 0.717) is 23.2 Å². The van der Waals surface area contributed by atoms with Gasteiger partial charge in [-0.3, -0.25) is 24.1 Å². The molecule has 2 N–H and O–H groups in total. The number of imide groups is 2. The molecule has 0 spiro atoms. The maximum atomic E-state index is 14.8. The molecule has 9 rings (SSSR count). The van der Waals surface area contributed by atoms with E-state index in [1.165, 1.54) is 9.80 Å². The first-order chi connectivity index (χ1) is 24.8. The molecule has 8 nitrogen and oxygen atoms in total. The van der Waals surface area contributed by atoms with E-state index in [4.69, 9.17) is 0 Å². The lowest BCUT2D eigenvalue weighted by Crippen LogP contribution is -2.49. The molecule has 0 aromatic heterocycles. The number of rotatable bonds is 5. The lowest BCUT2D eigenvalue weighted by Gasteiger charge is -2.49. The summed E-state index contributed by atoms with van der Waals surface area (Å²) in [5.41, 5.74) is 3.32. The summed E-state index contributed by atoms with van der Waals surface area (Å²) in [6.07, 6.45) is 2.68. The lowest BCUT2D eigenvalue weighted by atomic mass is 9.51. The zero-order valence-electron chi connectivity index (χ0n) is 27.9. The van der Waals surface area contributed by atoms with Crippen molar-refractivity contribution in [3.8, 4) is 5.75 Å². The van der Waals surface area contributed by atoms with Crippen molar-refractivity contribution < 1.29 is 24.3 Å². The van der Waals surface area contributed by atoms with Gasteiger partial charge in [0.05, 0.1) is 34.5 Å². The summed E-state index contributed by atoms with van der Waals surface area (Å²) in [7, 11) is 0. The molecule has 4 amide bonds. The van der Waals surface area contributed by atoms with Crippen molar-refractivity contribution in [2.45, 2.75) is 25.7 Å². The number of carbonyl (C=O) groups excluding carboxylic acids is 4. The normalized spacial score (nSPS) is 26.9. The number of carbonyl (C=O) groups is 4. The minimum Gasteiger partial charge on any atom is -0.507 e. The van der Waals surface area contributed by atoms with Crippen molar-refractivity contribution in [1.29, 1.82) is 0 Å². The number of nitrogens with zero attached hydrogens (tertiary/aromatic N) is 2. The lowest BCUT2D eigenvalue weighted by molar-refractivity contribution is -0.131. The van der Waals surface area contributed by atoms with Crippen molar-refractivity contribution in [3.63, 3.8) is 0 Å². The number of benzene rings is 5. The van der Waals surface area contributed by atoms with Crippen LogP contribution in [-0.2, 0) is 19.2 Å². The minimum atomic E-state index is -1.17. The molecule has 5 aromatic carbocycles. The monoisotopic (exact) mass is 673 g/mol. The number of phenols is 1. The average Bonchev–Trinajstić information content (AvgIpc) is 3.52. The quantitative estimate of drug-likeness (QED) is 0.146.